The van der Waals surface area contributed by atoms with E-state index >= 15 is 0 Å². The van der Waals surface area contributed by atoms with E-state index in [-0.39, 0.29) is 25.7 Å². The van der Waals surface area contributed by atoms with Crippen molar-refractivity contribution in [2.24, 2.45) is 17.8 Å². The number of phosphoric acid groups is 2. The van der Waals surface area contributed by atoms with Gasteiger partial charge < -0.3 is 33.8 Å². The molecule has 0 bridgehead atoms. The van der Waals surface area contributed by atoms with Crippen molar-refractivity contribution in [3.8, 4) is 0 Å². The molecule has 3 N–H and O–H groups in total. The molecule has 0 aromatic heterocycles. The number of hydrogen-bond donors (Lipinski definition) is 3. The molecule has 3 unspecified atom stereocenters. The highest BCUT2D eigenvalue weighted by Gasteiger charge is 2.30. The van der Waals surface area contributed by atoms with E-state index < -0.39 is 97.5 Å². The first kappa shape index (κ1) is 83.1. The zero-order chi connectivity index (χ0) is 63.1. The van der Waals surface area contributed by atoms with Crippen LogP contribution in [0.3, 0.4) is 0 Å². The van der Waals surface area contributed by atoms with E-state index in [0.29, 0.717) is 31.6 Å². The number of esters is 4. The predicted molar refractivity (Wildman–Crippen MR) is 340 cm³/mol. The topological polar surface area (TPSA) is 237 Å². The minimum Gasteiger partial charge on any atom is -0.462 e. The molecular weight excluding hydrogens is 1130 g/mol. The van der Waals surface area contributed by atoms with Crippen molar-refractivity contribution in [3.63, 3.8) is 0 Å². The van der Waals surface area contributed by atoms with E-state index in [2.05, 4.69) is 48.5 Å². The average Bonchev–Trinajstić information content (AvgIpc) is 3.57. The van der Waals surface area contributed by atoms with Gasteiger partial charge in [-0.3, -0.25) is 37.3 Å². The standard InChI is InChI=1S/C66H128O17P2/c1-8-10-11-30-40-47-63(68)76-53-61(82-66(71)50-43-36-29-23-25-32-38-45-58(5)6)55-80-84(72,73)78-51-60(67)52-79-85(74,75)81-56-62(54-77-64(69)48-41-34-27-22-18-19-24-31-37-44-57(3)4)83-65(70)49-42-35-28-21-17-15-13-12-14-16-20-26-33-39-46-59(7)9-2/h57-62,67H,8-56H2,1-7H3,(H,72,73)(H,74,75)/t59?,60-,61+,62+/m0/s1. The quantitative estimate of drug-likeness (QED) is 0.0222. The molecule has 85 heavy (non-hydrogen) atoms. The Kier molecular flexibility index (Phi) is 55.9. The van der Waals surface area contributed by atoms with Gasteiger partial charge >= 0.3 is 39.5 Å². The summed E-state index contributed by atoms with van der Waals surface area (Å²) < 4.78 is 67.9. The molecule has 6 atom stereocenters. The fraction of sp³-hybridized carbons (Fsp3) is 0.939. The van der Waals surface area contributed by atoms with Crippen LogP contribution in [0.15, 0.2) is 0 Å². The van der Waals surface area contributed by atoms with Gasteiger partial charge in [-0.1, -0.05) is 273 Å². The second-order valence-electron chi connectivity index (χ2n) is 25.1. The van der Waals surface area contributed by atoms with Gasteiger partial charge in [-0.2, -0.15) is 0 Å². The van der Waals surface area contributed by atoms with Crippen LogP contribution in [0.1, 0.15) is 325 Å². The minimum atomic E-state index is -4.95. The van der Waals surface area contributed by atoms with Crippen LogP contribution in [0.4, 0.5) is 0 Å². The van der Waals surface area contributed by atoms with Crippen LogP contribution in [0, 0.1) is 17.8 Å². The Bertz CT molecular complexity index is 1680. The second kappa shape index (κ2) is 57.2. The maximum atomic E-state index is 13.0. The number of unbranched alkanes of at least 4 members (excludes halogenated alkanes) is 31. The van der Waals surface area contributed by atoms with Gasteiger partial charge in [0.25, 0.3) is 0 Å². The molecule has 0 radical (unpaired) electrons. The number of hydrogen-bond acceptors (Lipinski definition) is 15. The Morgan fingerprint density at radius 3 is 0.894 bits per heavy atom. The summed E-state index contributed by atoms with van der Waals surface area (Å²) in [6.45, 7) is 11.7. The summed E-state index contributed by atoms with van der Waals surface area (Å²) in [7, 11) is -9.88. The molecule has 0 saturated carbocycles. The molecule has 0 aromatic carbocycles. The Balaban J connectivity index is 5.16. The van der Waals surface area contributed by atoms with Crippen LogP contribution < -0.4 is 0 Å². The molecule has 0 saturated heterocycles. The third-order valence-corrected chi connectivity index (χ3v) is 17.4. The fourth-order valence-electron chi connectivity index (χ4n) is 9.80. The minimum absolute atomic E-state index is 0.102. The molecule has 0 aliphatic heterocycles. The monoisotopic (exact) mass is 1250 g/mol. The molecular formula is C66H128O17P2. The summed E-state index contributed by atoms with van der Waals surface area (Å²) in [4.78, 5) is 72.0. The number of ether oxygens (including phenoxy) is 4. The van der Waals surface area contributed by atoms with Crippen molar-refractivity contribution in [2.75, 3.05) is 39.6 Å². The highest BCUT2D eigenvalue weighted by molar-refractivity contribution is 7.47. The van der Waals surface area contributed by atoms with Crippen molar-refractivity contribution in [1.82, 2.24) is 0 Å². The molecule has 0 fully saturated rings. The van der Waals surface area contributed by atoms with Crippen molar-refractivity contribution in [2.45, 2.75) is 343 Å². The average molecular weight is 1260 g/mol. The van der Waals surface area contributed by atoms with E-state index in [9.17, 15) is 43.2 Å². The van der Waals surface area contributed by atoms with Crippen LogP contribution in [0.2, 0.25) is 0 Å². The molecule has 0 rings (SSSR count). The summed E-state index contributed by atoms with van der Waals surface area (Å²) in [5.41, 5.74) is 0. The molecule has 0 aliphatic rings. The molecule has 0 amide bonds. The number of carbonyl (C=O) groups excluding carboxylic acids is 4. The molecule has 0 aromatic rings. The zero-order valence-electron chi connectivity index (χ0n) is 55.1. The van der Waals surface area contributed by atoms with Crippen LogP contribution in [0.25, 0.3) is 0 Å². The van der Waals surface area contributed by atoms with E-state index in [4.69, 9.17) is 37.0 Å². The first-order valence-corrected chi connectivity index (χ1v) is 37.4. The molecule has 0 spiro atoms. The van der Waals surface area contributed by atoms with Crippen molar-refractivity contribution in [3.05, 3.63) is 0 Å². The third kappa shape index (κ3) is 59.5. The summed E-state index contributed by atoms with van der Waals surface area (Å²) in [6.07, 6.45) is 39.4. The van der Waals surface area contributed by atoms with Crippen LogP contribution in [0.5, 0.6) is 0 Å². The maximum Gasteiger partial charge on any atom is 0.472 e. The van der Waals surface area contributed by atoms with Crippen LogP contribution in [-0.4, -0.2) is 96.7 Å². The van der Waals surface area contributed by atoms with E-state index in [1.807, 2.05) is 0 Å². The highest BCUT2D eigenvalue weighted by Crippen LogP contribution is 2.45. The lowest BCUT2D eigenvalue weighted by molar-refractivity contribution is -0.161. The lowest BCUT2D eigenvalue weighted by Gasteiger charge is -2.21. The van der Waals surface area contributed by atoms with Gasteiger partial charge in [-0.25, -0.2) is 9.13 Å². The third-order valence-electron chi connectivity index (χ3n) is 15.5. The summed E-state index contributed by atoms with van der Waals surface area (Å²) in [6, 6.07) is 0. The molecule has 17 nitrogen and oxygen atoms in total. The van der Waals surface area contributed by atoms with E-state index in [0.717, 1.165) is 108 Å². The second-order valence-corrected chi connectivity index (χ2v) is 28.0. The number of rotatable bonds is 64. The van der Waals surface area contributed by atoms with Gasteiger partial charge in [0.05, 0.1) is 26.4 Å². The number of aliphatic hydroxyl groups excluding tert-OH is 1. The molecule has 504 valence electrons. The number of phosphoric ester groups is 2. The van der Waals surface area contributed by atoms with Gasteiger partial charge in [0.1, 0.15) is 19.3 Å². The number of aliphatic hydroxyl groups is 1. The summed E-state index contributed by atoms with van der Waals surface area (Å²) in [5.74, 6) is 0.140. The molecule has 0 heterocycles. The summed E-state index contributed by atoms with van der Waals surface area (Å²) >= 11 is 0. The van der Waals surface area contributed by atoms with Gasteiger partial charge in [0, 0.05) is 25.7 Å². The van der Waals surface area contributed by atoms with E-state index in [1.54, 1.807) is 0 Å². The van der Waals surface area contributed by atoms with Gasteiger partial charge in [-0.15, -0.1) is 0 Å². The first-order valence-electron chi connectivity index (χ1n) is 34.4. The normalized spacial score (nSPS) is 14.6. The lowest BCUT2D eigenvalue weighted by Crippen LogP contribution is -2.30. The van der Waals surface area contributed by atoms with Crippen molar-refractivity contribution >= 4 is 39.5 Å². The highest BCUT2D eigenvalue weighted by atomic mass is 31.2. The molecule has 19 heteroatoms. The Morgan fingerprint density at radius 1 is 0.341 bits per heavy atom. The molecule has 0 aliphatic carbocycles. The van der Waals surface area contributed by atoms with Crippen LogP contribution in [-0.2, 0) is 65.4 Å². The van der Waals surface area contributed by atoms with Gasteiger partial charge in [-0.05, 0) is 43.4 Å². The lowest BCUT2D eigenvalue weighted by atomic mass is 9.99. The maximum absolute atomic E-state index is 13.0. The van der Waals surface area contributed by atoms with E-state index in [1.165, 1.54) is 128 Å². The largest absolute Gasteiger partial charge is 0.472 e. The Morgan fingerprint density at radius 2 is 0.600 bits per heavy atom. The SMILES string of the molecule is CCCCCCCC(=O)OC[C@H](COP(=O)(O)OC[C@H](O)COP(=O)(O)OC[C@@H](COC(=O)CCCCCCCCCCCC(C)C)OC(=O)CCCCCCCCCCCCCCCCC(C)CC)OC(=O)CCCCCCCCCC(C)C. The zero-order valence-corrected chi connectivity index (χ0v) is 56.9. The Labute approximate surface area is 517 Å². The van der Waals surface area contributed by atoms with Gasteiger partial charge in [0.15, 0.2) is 12.2 Å². The number of carbonyl (C=O) groups is 4. The summed E-state index contributed by atoms with van der Waals surface area (Å²) in [5, 5.41) is 10.5. The fourth-order valence-corrected chi connectivity index (χ4v) is 11.4. The predicted octanol–water partition coefficient (Wildman–Crippen LogP) is 18.3. The van der Waals surface area contributed by atoms with Crippen molar-refractivity contribution in [1.29, 1.82) is 0 Å². The van der Waals surface area contributed by atoms with Gasteiger partial charge in [0.2, 0.25) is 0 Å². The van der Waals surface area contributed by atoms with Crippen molar-refractivity contribution < 1.29 is 80.2 Å². The Hall–Kier alpha value is -1.94. The smallest absolute Gasteiger partial charge is 0.462 e. The first-order chi connectivity index (χ1) is 40.8. The van der Waals surface area contributed by atoms with Crippen LogP contribution >= 0.6 is 15.6 Å².